The molecule has 0 unspecified atom stereocenters. The van der Waals surface area contributed by atoms with Gasteiger partial charge in [0.1, 0.15) is 12.7 Å². The fourth-order valence-corrected chi connectivity index (χ4v) is 3.91. The number of aromatic nitrogens is 3. The van der Waals surface area contributed by atoms with Crippen molar-refractivity contribution in [2.24, 2.45) is 0 Å². The number of carbonyl (C=O) groups excluding carboxylic acids is 4. The number of hydrogen-bond donors (Lipinski definition) is 0. The molecular weight excluding hydrogens is 482 g/mol. The number of nitrogens with zero attached hydrogens (tertiary/aromatic N) is 3. The summed E-state index contributed by atoms with van der Waals surface area (Å²) in [4.78, 5) is 52.7. The molecule has 0 bridgehead atoms. The molecule has 0 radical (unpaired) electrons. The van der Waals surface area contributed by atoms with Crippen LogP contribution in [0.1, 0.15) is 37.6 Å². The molecule has 0 amide bonds. The Hall–Kier alpha value is -3.45. The summed E-state index contributed by atoms with van der Waals surface area (Å²) in [5, 5.41) is 4.24. The highest BCUT2D eigenvalue weighted by Gasteiger charge is 2.52. The number of thioether (sulfide) groups is 1. The Balaban J connectivity index is 2.11. The SMILES string of the molecule is COC(=O)c1nc(-c2ccc(SC)cc2)n([C@@H]2O[C@H](COC(C)=O)[C@@H](OC(C)=O)[C@H]2OC(C)=O)n1. The molecule has 0 spiro atoms. The summed E-state index contributed by atoms with van der Waals surface area (Å²) in [7, 11) is 1.19. The monoisotopic (exact) mass is 507 g/mol. The Labute approximate surface area is 205 Å². The highest BCUT2D eigenvalue weighted by atomic mass is 32.2. The van der Waals surface area contributed by atoms with Crippen LogP contribution in [0.25, 0.3) is 11.4 Å². The number of carbonyl (C=O) groups is 4. The first-order chi connectivity index (χ1) is 16.6. The second-order valence-electron chi connectivity index (χ2n) is 7.44. The molecule has 1 aromatic heterocycles. The van der Waals surface area contributed by atoms with Crippen LogP contribution in [0.15, 0.2) is 29.2 Å². The van der Waals surface area contributed by atoms with Gasteiger partial charge in [0, 0.05) is 31.2 Å². The second-order valence-corrected chi connectivity index (χ2v) is 8.32. The van der Waals surface area contributed by atoms with E-state index in [1.165, 1.54) is 32.6 Å². The normalized spacial score (nSPS) is 21.3. The fourth-order valence-electron chi connectivity index (χ4n) is 3.51. The summed E-state index contributed by atoms with van der Waals surface area (Å²) in [5.41, 5.74) is 0.586. The highest BCUT2D eigenvalue weighted by Crippen LogP contribution is 2.36. The fraction of sp³-hybridized carbons (Fsp3) is 0.455. The average molecular weight is 508 g/mol. The molecule has 0 aliphatic carbocycles. The van der Waals surface area contributed by atoms with Gasteiger partial charge in [-0.15, -0.1) is 16.9 Å². The average Bonchev–Trinajstić information content (AvgIpc) is 3.39. The van der Waals surface area contributed by atoms with Gasteiger partial charge in [0.25, 0.3) is 5.82 Å². The molecule has 4 atom stereocenters. The van der Waals surface area contributed by atoms with Gasteiger partial charge in [-0.05, 0) is 18.4 Å². The third-order valence-electron chi connectivity index (χ3n) is 4.93. The van der Waals surface area contributed by atoms with Crippen LogP contribution in [0.2, 0.25) is 0 Å². The summed E-state index contributed by atoms with van der Waals surface area (Å²) in [6.07, 6.45) is -2.55. The lowest BCUT2D eigenvalue weighted by molar-refractivity contribution is -0.166. The smallest absolute Gasteiger partial charge is 0.377 e. The van der Waals surface area contributed by atoms with E-state index in [0.717, 1.165) is 4.90 Å². The van der Waals surface area contributed by atoms with Gasteiger partial charge in [0.15, 0.2) is 24.3 Å². The Morgan fingerprint density at radius 2 is 1.63 bits per heavy atom. The van der Waals surface area contributed by atoms with Gasteiger partial charge >= 0.3 is 23.9 Å². The topological polar surface area (TPSA) is 145 Å². The summed E-state index contributed by atoms with van der Waals surface area (Å²) in [6.45, 7) is 3.31. The van der Waals surface area contributed by atoms with E-state index < -0.39 is 48.4 Å². The Kier molecular flexibility index (Phi) is 8.46. The molecule has 1 saturated heterocycles. The van der Waals surface area contributed by atoms with Gasteiger partial charge in [-0.2, -0.15) is 0 Å². The van der Waals surface area contributed by atoms with Crippen molar-refractivity contribution in [2.45, 2.75) is 50.2 Å². The van der Waals surface area contributed by atoms with Crippen molar-refractivity contribution < 1.29 is 42.9 Å². The molecule has 0 N–H and O–H groups in total. The van der Waals surface area contributed by atoms with E-state index in [1.54, 1.807) is 23.9 Å². The maximum absolute atomic E-state index is 12.2. The standard InChI is InChI=1S/C22H25N3O9S/c1-11(26)31-10-16-17(32-12(2)27)18(33-13(3)28)21(34-16)25-20(23-19(24-25)22(29)30-4)14-6-8-15(35-5)9-7-14/h6-9,16-18,21H,10H2,1-5H3/t16-,17-,18-,21-/m1/s1. The Morgan fingerprint density at radius 1 is 1.00 bits per heavy atom. The predicted octanol–water partition coefficient (Wildman–Crippen LogP) is 1.78. The lowest BCUT2D eigenvalue weighted by atomic mass is 10.1. The summed E-state index contributed by atoms with van der Waals surface area (Å²) >= 11 is 1.55. The van der Waals surface area contributed by atoms with Crippen LogP contribution in [-0.4, -0.2) is 76.9 Å². The zero-order valence-corrected chi connectivity index (χ0v) is 20.6. The number of benzene rings is 1. The van der Waals surface area contributed by atoms with Crippen LogP contribution in [0.4, 0.5) is 0 Å². The van der Waals surface area contributed by atoms with Crippen molar-refractivity contribution in [3.63, 3.8) is 0 Å². The van der Waals surface area contributed by atoms with E-state index in [1.807, 2.05) is 18.4 Å². The largest absolute Gasteiger partial charge is 0.463 e. The molecule has 2 heterocycles. The molecule has 12 nitrogen and oxygen atoms in total. The lowest BCUT2D eigenvalue weighted by Gasteiger charge is -2.23. The van der Waals surface area contributed by atoms with Gasteiger partial charge in [0.05, 0.1) is 7.11 Å². The maximum atomic E-state index is 12.2. The van der Waals surface area contributed by atoms with E-state index in [-0.39, 0.29) is 18.3 Å². The Morgan fingerprint density at radius 3 is 2.17 bits per heavy atom. The predicted molar refractivity (Wildman–Crippen MR) is 120 cm³/mol. The Bertz CT molecular complexity index is 1100. The minimum absolute atomic E-state index is 0.218. The van der Waals surface area contributed by atoms with E-state index in [0.29, 0.717) is 5.56 Å². The van der Waals surface area contributed by atoms with Crippen molar-refractivity contribution >= 4 is 35.6 Å². The van der Waals surface area contributed by atoms with E-state index in [4.69, 9.17) is 23.7 Å². The molecule has 1 aromatic carbocycles. The molecule has 3 rings (SSSR count). The van der Waals surface area contributed by atoms with Gasteiger partial charge in [0.2, 0.25) is 0 Å². The molecule has 1 aliphatic heterocycles. The maximum Gasteiger partial charge on any atom is 0.377 e. The first-order valence-corrected chi connectivity index (χ1v) is 11.7. The molecule has 13 heteroatoms. The van der Waals surface area contributed by atoms with Crippen molar-refractivity contribution in [1.82, 2.24) is 14.8 Å². The molecule has 2 aromatic rings. The molecule has 1 fully saturated rings. The third-order valence-corrected chi connectivity index (χ3v) is 5.67. The van der Waals surface area contributed by atoms with Crippen molar-refractivity contribution in [3.05, 3.63) is 30.1 Å². The first-order valence-electron chi connectivity index (χ1n) is 10.5. The zero-order chi connectivity index (χ0) is 25.7. The van der Waals surface area contributed by atoms with Crippen molar-refractivity contribution in [2.75, 3.05) is 20.0 Å². The number of methoxy groups -OCH3 is 1. The second kappa shape index (κ2) is 11.3. The minimum Gasteiger partial charge on any atom is -0.463 e. The van der Waals surface area contributed by atoms with Crippen LogP contribution >= 0.6 is 11.8 Å². The van der Waals surface area contributed by atoms with Gasteiger partial charge < -0.3 is 23.7 Å². The minimum atomic E-state index is -1.19. The molecule has 1 aliphatic rings. The van der Waals surface area contributed by atoms with E-state index in [2.05, 4.69) is 10.1 Å². The van der Waals surface area contributed by atoms with Crippen molar-refractivity contribution in [1.29, 1.82) is 0 Å². The van der Waals surface area contributed by atoms with Gasteiger partial charge in [-0.1, -0.05) is 12.1 Å². The molecular formula is C22H25N3O9S. The zero-order valence-electron chi connectivity index (χ0n) is 19.8. The summed E-state index contributed by atoms with van der Waals surface area (Å²) in [6, 6.07) is 7.29. The van der Waals surface area contributed by atoms with Crippen molar-refractivity contribution in [3.8, 4) is 11.4 Å². The van der Waals surface area contributed by atoms with Crippen LogP contribution in [0.5, 0.6) is 0 Å². The third kappa shape index (κ3) is 6.17. The van der Waals surface area contributed by atoms with Crippen LogP contribution in [0, 0.1) is 0 Å². The van der Waals surface area contributed by atoms with Crippen LogP contribution in [-0.2, 0) is 38.1 Å². The summed E-state index contributed by atoms with van der Waals surface area (Å²) < 4.78 is 28.0. The highest BCUT2D eigenvalue weighted by molar-refractivity contribution is 7.98. The lowest BCUT2D eigenvalue weighted by Crippen LogP contribution is -2.40. The first kappa shape index (κ1) is 26.2. The van der Waals surface area contributed by atoms with Gasteiger partial charge in [-0.3, -0.25) is 14.4 Å². The number of hydrogen-bond acceptors (Lipinski definition) is 12. The van der Waals surface area contributed by atoms with Crippen LogP contribution in [0.3, 0.4) is 0 Å². The number of rotatable bonds is 8. The van der Waals surface area contributed by atoms with Crippen LogP contribution < -0.4 is 0 Å². The number of ether oxygens (including phenoxy) is 5. The number of esters is 4. The summed E-state index contributed by atoms with van der Waals surface area (Å²) in [5.74, 6) is -2.74. The van der Waals surface area contributed by atoms with E-state index >= 15 is 0 Å². The molecule has 0 saturated carbocycles. The van der Waals surface area contributed by atoms with E-state index in [9.17, 15) is 19.2 Å². The molecule has 188 valence electrons. The molecule has 35 heavy (non-hydrogen) atoms. The quantitative estimate of drug-likeness (QED) is 0.292. The van der Waals surface area contributed by atoms with Gasteiger partial charge in [-0.25, -0.2) is 14.5 Å².